The third-order valence-electron chi connectivity index (χ3n) is 10.9. The van der Waals surface area contributed by atoms with Crippen molar-refractivity contribution in [2.45, 2.75) is 245 Å². The van der Waals surface area contributed by atoms with E-state index in [-0.39, 0.29) is 32.0 Å². The first-order valence-electron chi connectivity index (χ1n) is 24.2. The maximum Gasteiger partial charge on any atom is 0.306 e. The zero-order valence-electron chi connectivity index (χ0n) is 38.3. The minimum atomic E-state index is -4.62. The number of carbonyl (C=O) groups excluding carboxylic acids is 2. The highest BCUT2D eigenvalue weighted by molar-refractivity contribution is 7.45. The Bertz CT molecular complexity index is 943. The third kappa shape index (κ3) is 44.4. The molecule has 2 atom stereocenters. The van der Waals surface area contributed by atoms with Gasteiger partial charge in [0.05, 0.1) is 27.7 Å². The Morgan fingerprint density at radius 3 is 1.12 bits per heavy atom. The van der Waals surface area contributed by atoms with E-state index in [0.717, 1.165) is 32.1 Å². The Balaban J connectivity index is 4.16. The average Bonchev–Trinajstić information content (AvgIpc) is 3.16. The van der Waals surface area contributed by atoms with E-state index < -0.39 is 26.5 Å². The highest BCUT2D eigenvalue weighted by Gasteiger charge is 2.21. The fourth-order valence-corrected chi connectivity index (χ4v) is 7.80. The van der Waals surface area contributed by atoms with Crippen LogP contribution in [0.3, 0.4) is 0 Å². The SMILES string of the molecule is CCCCCCCCCCCCCCCCCCCCCCCCC(=O)O[C@H](COC(=O)CCCCCCCCCCCCC)COP(=O)([O-])OCC[N+](C)(C)C. The lowest BCUT2D eigenvalue weighted by Gasteiger charge is -2.28. The van der Waals surface area contributed by atoms with Crippen LogP contribution in [-0.4, -0.2) is 70.0 Å². The Morgan fingerprint density at radius 1 is 0.474 bits per heavy atom. The molecule has 0 bridgehead atoms. The topological polar surface area (TPSA) is 111 Å². The summed E-state index contributed by atoms with van der Waals surface area (Å²) in [5.74, 6) is -0.819. The van der Waals surface area contributed by atoms with Gasteiger partial charge < -0.3 is 27.9 Å². The van der Waals surface area contributed by atoms with E-state index in [2.05, 4.69) is 13.8 Å². The maximum absolute atomic E-state index is 12.7. The van der Waals surface area contributed by atoms with Crippen molar-refractivity contribution in [3.63, 3.8) is 0 Å². The summed E-state index contributed by atoms with van der Waals surface area (Å²) in [7, 11) is 1.18. The first-order valence-corrected chi connectivity index (χ1v) is 25.7. The van der Waals surface area contributed by atoms with Gasteiger partial charge in [0.15, 0.2) is 6.10 Å². The number of quaternary nitrogens is 1. The number of phosphoric ester groups is 1. The molecule has 0 spiro atoms. The van der Waals surface area contributed by atoms with Crippen molar-refractivity contribution < 1.29 is 42.1 Å². The molecular weight excluding hydrogens is 737 g/mol. The van der Waals surface area contributed by atoms with Crippen LogP contribution in [0.5, 0.6) is 0 Å². The first kappa shape index (κ1) is 56.0. The number of likely N-dealkylation sites (N-methyl/N-ethyl adjacent to an activating group) is 1. The highest BCUT2D eigenvalue weighted by Crippen LogP contribution is 2.38. The second kappa shape index (κ2) is 40.4. The van der Waals surface area contributed by atoms with Crippen LogP contribution >= 0.6 is 7.82 Å². The molecular formula is C47H94NO8P. The summed E-state index contributed by atoms with van der Waals surface area (Å²) >= 11 is 0. The number of nitrogens with zero attached hydrogens (tertiary/aromatic N) is 1. The third-order valence-corrected chi connectivity index (χ3v) is 11.8. The van der Waals surface area contributed by atoms with Gasteiger partial charge in [-0.15, -0.1) is 0 Å². The lowest BCUT2D eigenvalue weighted by atomic mass is 10.0. The number of ether oxygens (including phenoxy) is 2. The molecule has 0 fully saturated rings. The van der Waals surface area contributed by atoms with Crippen molar-refractivity contribution in [1.29, 1.82) is 0 Å². The second-order valence-corrected chi connectivity index (χ2v) is 19.3. The van der Waals surface area contributed by atoms with Gasteiger partial charge in [-0.3, -0.25) is 14.2 Å². The lowest BCUT2D eigenvalue weighted by Crippen LogP contribution is -2.37. The normalized spacial score (nSPS) is 13.4. The Kier molecular flexibility index (Phi) is 39.7. The molecule has 0 saturated carbocycles. The highest BCUT2D eigenvalue weighted by atomic mass is 31.2. The summed E-state index contributed by atoms with van der Waals surface area (Å²) in [6, 6.07) is 0. The Morgan fingerprint density at radius 2 is 0.789 bits per heavy atom. The minimum Gasteiger partial charge on any atom is -0.756 e. The fourth-order valence-electron chi connectivity index (χ4n) is 7.07. The van der Waals surface area contributed by atoms with Crippen LogP contribution in [-0.2, 0) is 32.7 Å². The quantitative estimate of drug-likeness (QED) is 0.0258. The van der Waals surface area contributed by atoms with E-state index in [0.29, 0.717) is 17.4 Å². The molecule has 57 heavy (non-hydrogen) atoms. The van der Waals surface area contributed by atoms with Crippen LogP contribution in [0.15, 0.2) is 0 Å². The van der Waals surface area contributed by atoms with Crippen molar-refractivity contribution in [2.75, 3.05) is 47.5 Å². The van der Waals surface area contributed by atoms with Gasteiger partial charge in [-0.2, -0.15) is 0 Å². The van der Waals surface area contributed by atoms with Gasteiger partial charge in [0.2, 0.25) is 0 Å². The molecule has 340 valence electrons. The number of esters is 2. The number of hydrogen-bond donors (Lipinski definition) is 0. The van der Waals surface area contributed by atoms with Crippen molar-refractivity contribution in [3.05, 3.63) is 0 Å². The molecule has 10 heteroatoms. The summed E-state index contributed by atoms with van der Waals surface area (Å²) < 4.78 is 33.9. The molecule has 0 heterocycles. The molecule has 0 aromatic carbocycles. The van der Waals surface area contributed by atoms with Crippen molar-refractivity contribution >= 4 is 19.8 Å². The molecule has 0 N–H and O–H groups in total. The number of phosphoric acid groups is 1. The molecule has 0 aliphatic carbocycles. The molecule has 0 aromatic rings. The molecule has 0 radical (unpaired) electrons. The summed E-state index contributed by atoms with van der Waals surface area (Å²) in [5.41, 5.74) is 0. The van der Waals surface area contributed by atoms with E-state index in [4.69, 9.17) is 18.5 Å². The largest absolute Gasteiger partial charge is 0.756 e. The molecule has 9 nitrogen and oxygen atoms in total. The first-order chi connectivity index (χ1) is 27.5. The van der Waals surface area contributed by atoms with E-state index in [9.17, 15) is 19.0 Å². The molecule has 0 rings (SSSR count). The van der Waals surface area contributed by atoms with E-state index >= 15 is 0 Å². The van der Waals surface area contributed by atoms with Crippen molar-refractivity contribution in [3.8, 4) is 0 Å². The van der Waals surface area contributed by atoms with E-state index in [1.165, 1.54) is 173 Å². The van der Waals surface area contributed by atoms with Gasteiger partial charge >= 0.3 is 11.9 Å². The van der Waals surface area contributed by atoms with Gasteiger partial charge in [0.25, 0.3) is 7.82 Å². The maximum atomic E-state index is 12.7. The lowest BCUT2D eigenvalue weighted by molar-refractivity contribution is -0.870. The second-order valence-electron chi connectivity index (χ2n) is 17.8. The predicted molar refractivity (Wildman–Crippen MR) is 236 cm³/mol. The summed E-state index contributed by atoms with van der Waals surface area (Å²) in [6.45, 7) is 4.26. The zero-order chi connectivity index (χ0) is 42.1. The number of hydrogen-bond acceptors (Lipinski definition) is 8. The average molecular weight is 832 g/mol. The van der Waals surface area contributed by atoms with Crippen LogP contribution in [0.25, 0.3) is 0 Å². The zero-order valence-corrected chi connectivity index (χ0v) is 39.2. The Labute approximate surface area is 353 Å². The number of unbranched alkanes of at least 4 members (excludes halogenated alkanes) is 31. The van der Waals surface area contributed by atoms with Crippen molar-refractivity contribution in [1.82, 2.24) is 0 Å². The summed E-state index contributed by atoms with van der Waals surface area (Å²) in [6.07, 6.45) is 41.4. The molecule has 1 unspecified atom stereocenters. The predicted octanol–water partition coefficient (Wildman–Crippen LogP) is 13.3. The molecule has 0 aromatic heterocycles. The van der Waals surface area contributed by atoms with Crippen LogP contribution in [0.2, 0.25) is 0 Å². The van der Waals surface area contributed by atoms with Gasteiger partial charge in [-0.05, 0) is 12.8 Å². The minimum absolute atomic E-state index is 0.0256. The van der Waals surface area contributed by atoms with Crippen LogP contribution in [0.4, 0.5) is 0 Å². The molecule has 0 amide bonds. The molecule has 0 aliphatic rings. The van der Waals surface area contributed by atoms with Crippen LogP contribution in [0, 0.1) is 0 Å². The smallest absolute Gasteiger partial charge is 0.306 e. The Hall–Kier alpha value is -0.990. The number of rotatable bonds is 45. The summed E-state index contributed by atoms with van der Waals surface area (Å²) in [5, 5.41) is 0. The van der Waals surface area contributed by atoms with Crippen molar-refractivity contribution in [2.24, 2.45) is 0 Å². The molecule has 0 aliphatic heterocycles. The van der Waals surface area contributed by atoms with Gasteiger partial charge in [-0.1, -0.05) is 213 Å². The van der Waals surface area contributed by atoms with Gasteiger partial charge in [-0.25, -0.2) is 0 Å². The van der Waals surface area contributed by atoms with Gasteiger partial charge in [0, 0.05) is 12.8 Å². The van der Waals surface area contributed by atoms with Crippen LogP contribution < -0.4 is 4.89 Å². The van der Waals surface area contributed by atoms with Gasteiger partial charge in [0.1, 0.15) is 19.8 Å². The standard InChI is InChI=1S/C47H94NO8P/c1-6-8-10-12-14-16-18-19-20-21-22-23-24-25-26-27-28-30-32-34-36-38-40-47(50)56-45(44-55-57(51,52)54-42-41-48(3,4)5)43-53-46(49)39-37-35-33-31-29-17-15-13-11-9-7-2/h45H,6-44H2,1-5H3/t45-/m1/s1. The number of carbonyl (C=O) groups is 2. The van der Waals surface area contributed by atoms with Crippen LogP contribution in [0.1, 0.15) is 239 Å². The monoisotopic (exact) mass is 832 g/mol. The van der Waals surface area contributed by atoms with E-state index in [1.54, 1.807) is 0 Å². The summed E-state index contributed by atoms with van der Waals surface area (Å²) in [4.78, 5) is 37.5. The fraction of sp³-hybridized carbons (Fsp3) is 0.957. The molecule has 0 saturated heterocycles. The van der Waals surface area contributed by atoms with E-state index in [1.807, 2.05) is 21.1 Å².